The Balaban J connectivity index is 1.05. The predicted molar refractivity (Wildman–Crippen MR) is 389 cm³/mol. The van der Waals surface area contributed by atoms with Crippen LogP contribution < -0.4 is 26.0 Å². The van der Waals surface area contributed by atoms with Gasteiger partial charge >= 0.3 is 0 Å². The highest BCUT2D eigenvalue weighted by Gasteiger charge is 2.41. The summed E-state index contributed by atoms with van der Waals surface area (Å²) in [5, 5.41) is 9.07. The van der Waals surface area contributed by atoms with E-state index in [1.165, 1.54) is 93.7 Å². The van der Waals surface area contributed by atoms with Gasteiger partial charge in [-0.15, -0.1) is 0 Å². The third-order valence-electron chi connectivity index (χ3n) is 20.9. The number of hydrogen-bond donors (Lipinski definition) is 1. The van der Waals surface area contributed by atoms with Crippen molar-refractivity contribution in [1.82, 2.24) is 4.57 Å². The summed E-state index contributed by atoms with van der Waals surface area (Å²) in [6.07, 6.45) is 4.55. The van der Waals surface area contributed by atoms with Crippen molar-refractivity contribution < 1.29 is 0 Å². The van der Waals surface area contributed by atoms with Crippen molar-refractivity contribution in [2.45, 2.75) is 103 Å². The van der Waals surface area contributed by atoms with Gasteiger partial charge in [-0.3, -0.25) is 0 Å². The SMILES string of the molecule is CC1(C)CCC(C)(C)c2cc(Nc3ccc(N(c4ccccc4)c4ccccc4)cc3-c3cc(N(c4ccc(-c5ccccc5)cc4)c4ccc(-c5ccccc5)cc4)c4c5ccc6ccccc6c5n5c4c3[B]c3cc4c(cc3-5)C(C)(C)CCC4(C)C)ccc21. The van der Waals surface area contributed by atoms with E-state index in [9.17, 15) is 0 Å². The molecule has 1 aliphatic heterocycles. The normalized spacial score (nSPS) is 15.5. The lowest BCUT2D eigenvalue weighted by Gasteiger charge is -2.43. The summed E-state index contributed by atoms with van der Waals surface area (Å²) >= 11 is 0. The molecule has 0 atom stereocenters. The van der Waals surface area contributed by atoms with Crippen molar-refractivity contribution >= 4 is 96.3 Å². The molecule has 16 rings (SSSR count). The molecule has 4 nitrogen and oxygen atoms in total. The number of rotatable bonds is 11. The van der Waals surface area contributed by atoms with E-state index in [4.69, 9.17) is 0 Å². The van der Waals surface area contributed by atoms with Crippen molar-refractivity contribution in [2.24, 2.45) is 0 Å². The minimum Gasteiger partial charge on any atom is -0.355 e. The van der Waals surface area contributed by atoms with Gasteiger partial charge in [-0.2, -0.15) is 0 Å². The first-order valence-electron chi connectivity index (χ1n) is 32.7. The van der Waals surface area contributed by atoms with Gasteiger partial charge in [0.05, 0.1) is 16.7 Å². The van der Waals surface area contributed by atoms with Crippen LogP contribution >= 0.6 is 0 Å². The molecule has 91 heavy (non-hydrogen) atoms. The number of aromatic nitrogens is 1. The standard InChI is InChI=1S/C86H76BN4/c1-83(2)47-48-84(3,4)72-51-61(38-45-71(72)83)88-76-46-43-66(89(62-28-17-11-18-29-62)63-30-19-12-20-31-63)52-69(76)70-53-78(90(64-39-33-58(34-40-64)56-23-13-9-14-24-56)65-41-35-59(36-42-65)57-25-15-10-16-26-57)79-68-44-37-60-27-21-22-32-67(60)81(68)91-77-55-74-73(54-75(77)87-80(70)82(79)91)85(5,6)49-50-86(74,7)8/h9-46,51-55,88H,47-50H2,1-8H3. The lowest BCUT2D eigenvalue weighted by Crippen LogP contribution is -2.41. The van der Waals surface area contributed by atoms with Crippen LogP contribution in [-0.2, 0) is 21.7 Å². The molecule has 0 spiro atoms. The maximum Gasteiger partial charge on any atom is 0.197 e. The third-order valence-corrected chi connectivity index (χ3v) is 20.9. The first kappa shape index (κ1) is 56.4. The molecular formula is C86H76BN4. The van der Waals surface area contributed by atoms with E-state index < -0.39 is 0 Å². The summed E-state index contributed by atoms with van der Waals surface area (Å²) in [6, 6.07) is 97.6. The molecule has 2 heterocycles. The van der Waals surface area contributed by atoms with Crippen LogP contribution in [0.25, 0.3) is 71.6 Å². The van der Waals surface area contributed by atoms with Crippen LogP contribution in [0.4, 0.5) is 45.5 Å². The van der Waals surface area contributed by atoms with Gasteiger partial charge in [0, 0.05) is 67.2 Å². The molecule has 12 aromatic carbocycles. The van der Waals surface area contributed by atoms with Crippen molar-refractivity contribution in [3.05, 3.63) is 283 Å². The van der Waals surface area contributed by atoms with E-state index in [2.05, 4.69) is 343 Å². The second-order valence-electron chi connectivity index (χ2n) is 28.5. The maximum atomic E-state index is 4.20. The highest BCUT2D eigenvalue weighted by molar-refractivity contribution is 6.74. The molecule has 1 radical (unpaired) electrons. The van der Waals surface area contributed by atoms with Crippen LogP contribution in [0.5, 0.6) is 0 Å². The molecule has 1 N–H and O–H groups in total. The van der Waals surface area contributed by atoms with Crippen molar-refractivity contribution in [1.29, 1.82) is 0 Å². The zero-order valence-corrected chi connectivity index (χ0v) is 53.6. The Morgan fingerprint density at radius 3 is 1.43 bits per heavy atom. The molecule has 5 heteroatoms. The molecule has 0 saturated heterocycles. The van der Waals surface area contributed by atoms with Gasteiger partial charge in [-0.25, -0.2) is 0 Å². The Hall–Kier alpha value is -9.84. The minimum atomic E-state index is -0.0159. The van der Waals surface area contributed by atoms with Crippen LogP contribution in [0.15, 0.2) is 261 Å². The first-order valence-corrected chi connectivity index (χ1v) is 32.7. The minimum absolute atomic E-state index is 0.00348. The summed E-state index contributed by atoms with van der Waals surface area (Å²) < 4.78 is 2.70. The fraction of sp³-hybridized carbons (Fsp3) is 0.186. The lowest BCUT2D eigenvalue weighted by atomic mass is 9.55. The molecule has 0 fully saturated rings. The summed E-state index contributed by atoms with van der Waals surface area (Å²) in [6.45, 7) is 19.6. The van der Waals surface area contributed by atoms with Crippen LogP contribution in [0.2, 0.25) is 0 Å². The average Bonchev–Trinajstić information content (AvgIpc) is 1.58. The quantitative estimate of drug-likeness (QED) is 0.131. The highest BCUT2D eigenvalue weighted by Crippen LogP contribution is 2.53. The number of nitrogens with zero attached hydrogens (tertiary/aromatic N) is 3. The summed E-state index contributed by atoms with van der Waals surface area (Å²) in [5.74, 6) is 0. The zero-order valence-electron chi connectivity index (χ0n) is 53.6. The molecule has 0 amide bonds. The average molecular weight is 1180 g/mol. The second kappa shape index (κ2) is 21.4. The summed E-state index contributed by atoms with van der Waals surface area (Å²) in [5.41, 5.74) is 27.5. The number of benzene rings is 12. The molecule has 0 bridgehead atoms. The fourth-order valence-electron chi connectivity index (χ4n) is 15.6. The fourth-order valence-corrected chi connectivity index (χ4v) is 15.6. The van der Waals surface area contributed by atoms with E-state index in [-0.39, 0.29) is 21.7 Å². The van der Waals surface area contributed by atoms with E-state index >= 15 is 0 Å². The lowest BCUT2D eigenvalue weighted by molar-refractivity contribution is 0.332. The molecule has 1 aromatic heterocycles. The monoisotopic (exact) mass is 1180 g/mol. The van der Waals surface area contributed by atoms with Crippen LogP contribution in [0.3, 0.4) is 0 Å². The Bertz CT molecular complexity index is 4840. The summed E-state index contributed by atoms with van der Waals surface area (Å²) in [7, 11) is 2.57. The van der Waals surface area contributed by atoms with Crippen molar-refractivity contribution in [3.63, 3.8) is 0 Å². The van der Waals surface area contributed by atoms with Crippen molar-refractivity contribution in [3.8, 4) is 39.1 Å². The van der Waals surface area contributed by atoms with Gasteiger partial charge < -0.3 is 19.7 Å². The largest absolute Gasteiger partial charge is 0.355 e. The van der Waals surface area contributed by atoms with Crippen molar-refractivity contribution in [2.75, 3.05) is 15.1 Å². The van der Waals surface area contributed by atoms with Gasteiger partial charge in [0.25, 0.3) is 0 Å². The second-order valence-corrected chi connectivity index (χ2v) is 28.5. The number of para-hydroxylation sites is 2. The third kappa shape index (κ3) is 9.58. The van der Waals surface area contributed by atoms with E-state index in [0.29, 0.717) is 0 Å². The van der Waals surface area contributed by atoms with Gasteiger partial charge in [0.15, 0.2) is 7.28 Å². The smallest absolute Gasteiger partial charge is 0.197 e. The Kier molecular flexibility index (Phi) is 13.3. The topological polar surface area (TPSA) is 23.4 Å². The molecular weight excluding hydrogens is 1100 g/mol. The molecule has 0 saturated carbocycles. The Labute approximate surface area is 537 Å². The van der Waals surface area contributed by atoms with Gasteiger partial charge in [-0.1, -0.05) is 231 Å². The van der Waals surface area contributed by atoms with Gasteiger partial charge in [0.2, 0.25) is 0 Å². The predicted octanol–water partition coefficient (Wildman–Crippen LogP) is 22.3. The number of nitrogens with one attached hydrogen (secondary N) is 1. The first-order chi connectivity index (χ1) is 44.1. The molecule has 443 valence electrons. The number of hydrogen-bond acceptors (Lipinski definition) is 3. The van der Waals surface area contributed by atoms with E-state index in [0.717, 1.165) is 82.3 Å². The van der Waals surface area contributed by atoms with E-state index in [1.54, 1.807) is 0 Å². The van der Waals surface area contributed by atoms with Gasteiger partial charge in [0.1, 0.15) is 0 Å². The van der Waals surface area contributed by atoms with Crippen LogP contribution in [0, 0.1) is 0 Å². The maximum absolute atomic E-state index is 4.20. The molecule has 13 aromatic rings. The van der Waals surface area contributed by atoms with E-state index in [1.807, 2.05) is 0 Å². The van der Waals surface area contributed by atoms with Crippen LogP contribution in [-0.4, -0.2) is 11.8 Å². The Morgan fingerprint density at radius 1 is 0.363 bits per heavy atom. The zero-order chi connectivity index (χ0) is 62.0. The molecule has 0 unspecified atom stereocenters. The molecule has 2 aliphatic carbocycles. The number of fused-ring (bicyclic) bond motifs is 9. The Morgan fingerprint density at radius 2 is 0.846 bits per heavy atom. The van der Waals surface area contributed by atoms with Crippen LogP contribution in [0.1, 0.15) is 103 Å². The number of anilines is 8. The van der Waals surface area contributed by atoms with Gasteiger partial charge in [-0.05, 0) is 199 Å². The highest BCUT2D eigenvalue weighted by atomic mass is 15.2. The molecule has 3 aliphatic rings. The summed E-state index contributed by atoms with van der Waals surface area (Å²) in [4.78, 5) is 4.96.